The van der Waals surface area contributed by atoms with Crippen molar-refractivity contribution < 1.29 is 32.4 Å². The van der Waals surface area contributed by atoms with Crippen molar-refractivity contribution >= 4 is 0 Å². The topological polar surface area (TPSA) is 38.7 Å². The average Bonchev–Trinajstić information content (AvgIpc) is 3.34. The third kappa shape index (κ3) is 12.5. The van der Waals surface area contributed by atoms with Crippen molar-refractivity contribution in [2.45, 2.75) is 55.7 Å². The van der Waals surface area contributed by atoms with Crippen molar-refractivity contribution in [3.05, 3.63) is 233 Å². The summed E-state index contributed by atoms with van der Waals surface area (Å²) in [5.74, 6) is 0. The van der Waals surface area contributed by atoms with E-state index in [0.717, 1.165) is 78.3 Å². The van der Waals surface area contributed by atoms with Crippen LogP contribution < -0.4 is 0 Å². The third-order valence-electron chi connectivity index (χ3n) is 10.0. The van der Waals surface area contributed by atoms with Crippen LogP contribution in [0.1, 0.15) is 58.7 Å². The molecule has 0 aliphatic rings. The van der Waals surface area contributed by atoms with Crippen LogP contribution in [0.4, 0.5) is 0 Å². The molecule has 63 heavy (non-hydrogen) atoms. The van der Waals surface area contributed by atoms with Crippen LogP contribution in [0.25, 0.3) is 67.2 Å². The summed E-state index contributed by atoms with van der Waals surface area (Å²) < 4.78 is 69.1. The molecule has 0 atom stereocenters. The van der Waals surface area contributed by atoms with Crippen molar-refractivity contribution in [2.24, 2.45) is 0 Å². The molecule has 6 aromatic carbocycles. The van der Waals surface area contributed by atoms with Gasteiger partial charge in [-0.15, -0.1) is 101 Å². The van der Waals surface area contributed by atoms with Gasteiger partial charge in [-0.1, -0.05) is 135 Å². The molecule has 314 valence electrons. The summed E-state index contributed by atoms with van der Waals surface area (Å²) in [6, 6.07) is 59.3. The second-order valence-corrected chi connectivity index (χ2v) is 14.8. The number of aromatic nitrogens is 3. The number of benzene rings is 6. The Labute approximate surface area is 402 Å². The second-order valence-electron chi connectivity index (χ2n) is 14.8. The van der Waals surface area contributed by atoms with Crippen LogP contribution in [0.15, 0.2) is 176 Å². The first kappa shape index (κ1) is 36.0. The van der Waals surface area contributed by atoms with Crippen LogP contribution in [0.3, 0.4) is 0 Å². The molecule has 9 aromatic rings. The Morgan fingerprint density at radius 1 is 0.397 bits per heavy atom. The minimum Gasteiger partial charge on any atom is -0.304 e. The van der Waals surface area contributed by atoms with E-state index >= 15 is 0 Å². The molecule has 0 unspecified atom stereocenters. The Morgan fingerprint density at radius 3 is 1.65 bits per heavy atom. The molecule has 0 amide bonds. The van der Waals surface area contributed by atoms with Gasteiger partial charge in [0.1, 0.15) is 0 Å². The van der Waals surface area contributed by atoms with Gasteiger partial charge in [-0.25, -0.2) is 0 Å². The molecule has 0 spiro atoms. The van der Waals surface area contributed by atoms with Crippen LogP contribution in [-0.2, 0) is 20.1 Å². The van der Waals surface area contributed by atoms with E-state index in [-0.39, 0.29) is 38.7 Å². The fourth-order valence-corrected chi connectivity index (χ4v) is 6.69. The van der Waals surface area contributed by atoms with Crippen molar-refractivity contribution in [1.29, 1.82) is 0 Å². The zero-order valence-corrected chi connectivity index (χ0v) is 37.3. The number of hydrogen-bond acceptors (Lipinski definition) is 3. The number of nitrogens with zero attached hydrogens (tertiary/aromatic N) is 3. The van der Waals surface area contributed by atoms with Gasteiger partial charge in [0.15, 0.2) is 0 Å². The standard InChI is InChI=1S/C25H20N.C20H18N.C13H12N.CH4.Ir/c1-18-8-15-25(26-17-18)23-10-9-19(2)24(16-23)22-13-11-21(12-14-22)20-6-4-3-5-7-20;1-14-9-10-18(15(2)11-14)19-12-20(21-13-16(19)3)17-7-5-4-6-8-17;1-10-3-6-12(7-4-10)13-8-5-11(2)9-14-13;;/h3-9,11-17H,1-2H3;4-7,9-13H,1-3H3;3-6,8-9H,1-2H3;1H4;/q3*-1;;+3/i2D3;3D3;2D3;;. The Balaban J connectivity index is 0.000000204. The van der Waals surface area contributed by atoms with Crippen LogP contribution in [0.5, 0.6) is 0 Å². The van der Waals surface area contributed by atoms with Crippen molar-refractivity contribution in [3.8, 4) is 67.2 Å². The van der Waals surface area contributed by atoms with Gasteiger partial charge in [-0.3, -0.25) is 0 Å². The van der Waals surface area contributed by atoms with Crippen LogP contribution >= 0.6 is 0 Å². The Bertz CT molecular complexity index is 3150. The summed E-state index contributed by atoms with van der Waals surface area (Å²) in [5, 5.41) is 0. The van der Waals surface area contributed by atoms with Gasteiger partial charge >= 0.3 is 20.1 Å². The monoisotopic (exact) mass is 1010 g/mol. The Kier molecular flexibility index (Phi) is 12.8. The predicted molar refractivity (Wildman–Crippen MR) is 262 cm³/mol. The van der Waals surface area contributed by atoms with E-state index in [1.54, 1.807) is 24.4 Å². The molecular formula is C59H54IrN3. The minimum atomic E-state index is -2.22. The summed E-state index contributed by atoms with van der Waals surface area (Å²) in [7, 11) is 0. The molecule has 3 heterocycles. The van der Waals surface area contributed by atoms with E-state index in [4.69, 9.17) is 12.3 Å². The van der Waals surface area contributed by atoms with Gasteiger partial charge in [0, 0.05) is 30.9 Å². The maximum absolute atomic E-state index is 7.94. The van der Waals surface area contributed by atoms with Crippen LogP contribution in [0.2, 0.25) is 0 Å². The smallest absolute Gasteiger partial charge is 0.304 e. The Hall–Kier alpha value is -6.58. The molecule has 0 saturated carbocycles. The molecular weight excluding hydrogens is 943 g/mol. The Morgan fingerprint density at radius 2 is 1.02 bits per heavy atom. The zero-order chi connectivity index (χ0) is 50.2. The van der Waals surface area contributed by atoms with Gasteiger partial charge < -0.3 is 15.0 Å². The van der Waals surface area contributed by atoms with Crippen LogP contribution in [0, 0.1) is 66.4 Å². The summed E-state index contributed by atoms with van der Waals surface area (Å²) in [5.41, 5.74) is 15.3. The normalized spacial score (nSPS) is 12.9. The van der Waals surface area contributed by atoms with E-state index in [9.17, 15) is 0 Å². The largest absolute Gasteiger partial charge is 3.00 e. The molecule has 9 rings (SSSR count). The van der Waals surface area contributed by atoms with E-state index in [2.05, 4.69) is 51.4 Å². The quantitative estimate of drug-likeness (QED) is 0.156. The molecule has 0 saturated heterocycles. The summed E-state index contributed by atoms with van der Waals surface area (Å²) in [4.78, 5) is 13.0. The summed E-state index contributed by atoms with van der Waals surface area (Å²) >= 11 is 0. The number of rotatable bonds is 6. The minimum absolute atomic E-state index is 0. The van der Waals surface area contributed by atoms with E-state index in [1.165, 1.54) is 12.4 Å². The molecule has 0 aliphatic carbocycles. The zero-order valence-electron chi connectivity index (χ0n) is 43.9. The van der Waals surface area contributed by atoms with Gasteiger partial charge in [-0.2, -0.15) is 0 Å². The van der Waals surface area contributed by atoms with Crippen molar-refractivity contribution in [1.82, 2.24) is 15.0 Å². The maximum Gasteiger partial charge on any atom is 3.00 e. The van der Waals surface area contributed by atoms with E-state index < -0.39 is 20.6 Å². The first-order valence-electron chi connectivity index (χ1n) is 24.4. The SMILES string of the molecule is C.[2H]C([2H])([2H])c1c[c-]c(-c2ccc(C)cn2)cc1-c1ccc(-c2ccccc2)cc1.[2H]C([2H])([2H])c1ccc(-c2[c-]cc(C)cc2)nc1.[2H]C([2H])([2H])c1cnc(-c2[c-]cccc2)cc1-c1ccc(C)cc1C.[Ir+3]. The van der Waals surface area contributed by atoms with Crippen molar-refractivity contribution in [3.63, 3.8) is 0 Å². The molecule has 0 radical (unpaired) electrons. The van der Waals surface area contributed by atoms with Gasteiger partial charge in [0.2, 0.25) is 0 Å². The molecule has 0 bridgehead atoms. The van der Waals surface area contributed by atoms with E-state index in [1.807, 2.05) is 149 Å². The molecule has 0 fully saturated rings. The fourth-order valence-electron chi connectivity index (χ4n) is 6.69. The second kappa shape index (κ2) is 22.5. The molecule has 4 heteroatoms. The summed E-state index contributed by atoms with van der Waals surface area (Å²) in [6.45, 7) is 1.48. The summed E-state index contributed by atoms with van der Waals surface area (Å²) in [6.07, 6.45) is 4.67. The predicted octanol–water partition coefficient (Wildman–Crippen LogP) is 15.4. The number of aryl methyl sites for hydroxylation is 7. The molecule has 0 aliphatic heterocycles. The van der Waals surface area contributed by atoms with E-state index in [0.29, 0.717) is 16.7 Å². The molecule has 3 aromatic heterocycles. The first-order valence-corrected chi connectivity index (χ1v) is 19.9. The van der Waals surface area contributed by atoms with Gasteiger partial charge in [-0.05, 0) is 102 Å². The molecule has 3 nitrogen and oxygen atoms in total. The van der Waals surface area contributed by atoms with Crippen molar-refractivity contribution in [2.75, 3.05) is 0 Å². The van der Waals surface area contributed by atoms with Gasteiger partial charge in [0.05, 0.1) is 0 Å². The maximum atomic E-state index is 7.94. The van der Waals surface area contributed by atoms with Crippen LogP contribution in [-0.4, -0.2) is 15.0 Å². The number of pyridine rings is 3. The fraction of sp³-hybridized carbons (Fsp3) is 0.136. The molecule has 0 N–H and O–H groups in total. The van der Waals surface area contributed by atoms with Gasteiger partial charge in [0.25, 0.3) is 0 Å². The number of hydrogen-bond donors (Lipinski definition) is 0. The average molecular weight is 1010 g/mol. The first-order chi connectivity index (χ1) is 33.2. The third-order valence-corrected chi connectivity index (χ3v) is 10.0.